The van der Waals surface area contributed by atoms with E-state index in [-0.39, 0.29) is 11.3 Å². The maximum absolute atomic E-state index is 14.6. The number of H-pyrrole nitrogens is 1. The van der Waals surface area contributed by atoms with E-state index in [0.29, 0.717) is 36.0 Å². The average molecular weight is 514 g/mol. The van der Waals surface area contributed by atoms with E-state index in [1.807, 2.05) is 12.1 Å². The van der Waals surface area contributed by atoms with Crippen molar-refractivity contribution in [1.82, 2.24) is 9.97 Å². The summed E-state index contributed by atoms with van der Waals surface area (Å²) >= 11 is 0. The summed E-state index contributed by atoms with van der Waals surface area (Å²) in [6.07, 6.45) is 1.06. The van der Waals surface area contributed by atoms with Crippen LogP contribution in [0.4, 0.5) is 14.5 Å². The van der Waals surface area contributed by atoms with Gasteiger partial charge in [-0.15, -0.1) is 0 Å². The molecule has 0 aliphatic heterocycles. The van der Waals surface area contributed by atoms with E-state index in [4.69, 9.17) is 0 Å². The maximum atomic E-state index is 14.6. The molecule has 0 atom stereocenters. The number of carbonyl (C=O) groups excluding carboxylic acids is 1. The first kappa shape index (κ1) is 25.8. The number of aromatic nitrogens is 2. The van der Waals surface area contributed by atoms with Crippen LogP contribution in [-0.4, -0.2) is 15.9 Å². The van der Waals surface area contributed by atoms with Crippen LogP contribution in [0, 0.1) is 26.7 Å². The molecule has 0 unspecified atom stereocenters. The molecule has 4 aromatic rings. The van der Waals surface area contributed by atoms with Crippen molar-refractivity contribution >= 4 is 11.6 Å². The number of hydrogen-bond donors (Lipinski definition) is 2. The molecule has 6 heteroatoms. The molecule has 38 heavy (non-hydrogen) atoms. The van der Waals surface area contributed by atoms with E-state index >= 15 is 0 Å². The van der Waals surface area contributed by atoms with Gasteiger partial charge in [-0.25, -0.2) is 13.8 Å². The number of imidazole rings is 1. The minimum atomic E-state index is -2.88. The molecule has 3 aromatic carbocycles. The molecule has 1 aliphatic rings. The summed E-state index contributed by atoms with van der Waals surface area (Å²) in [4.78, 5) is 21.2. The van der Waals surface area contributed by atoms with Gasteiger partial charge in [-0.05, 0) is 85.5 Å². The van der Waals surface area contributed by atoms with Crippen LogP contribution in [-0.2, 0) is 5.92 Å². The summed E-state index contributed by atoms with van der Waals surface area (Å²) in [5, 5.41) is 2.77. The van der Waals surface area contributed by atoms with E-state index in [2.05, 4.69) is 67.2 Å². The van der Waals surface area contributed by atoms with Crippen molar-refractivity contribution in [2.45, 2.75) is 59.3 Å². The number of amides is 1. The normalized spacial score (nSPS) is 13.7. The first-order valence-corrected chi connectivity index (χ1v) is 13.1. The van der Waals surface area contributed by atoms with E-state index in [1.165, 1.54) is 23.3 Å². The smallest absolute Gasteiger partial charge is 0.276 e. The molecule has 2 N–H and O–H groups in total. The second kappa shape index (κ2) is 9.82. The highest BCUT2D eigenvalue weighted by atomic mass is 19.3. The molecule has 0 bridgehead atoms. The van der Waals surface area contributed by atoms with Crippen molar-refractivity contribution < 1.29 is 13.6 Å². The van der Waals surface area contributed by atoms with Crippen molar-refractivity contribution in [3.8, 4) is 22.5 Å². The van der Waals surface area contributed by atoms with Crippen molar-refractivity contribution in [1.29, 1.82) is 0 Å². The standard InChI is InChI=1S/C32H33F2N3O/c1-18(2)22-15-27(26-12-7-6-9-19(26)3)20(4)28(16-22)30-35-21(5)29(37-30)31(38)36-25-11-8-10-24(17-25)32(33,34)23-13-14-23/h6-12,15-18,23H,13-14H2,1-5H3,(H,35,37)(H,36,38). The van der Waals surface area contributed by atoms with Crippen molar-refractivity contribution in [3.05, 3.63) is 94.3 Å². The highest BCUT2D eigenvalue weighted by Crippen LogP contribution is 2.50. The number of anilines is 1. The van der Waals surface area contributed by atoms with Crippen molar-refractivity contribution in [3.63, 3.8) is 0 Å². The Bertz CT molecular complexity index is 1520. The summed E-state index contributed by atoms with van der Waals surface area (Å²) in [6, 6.07) is 18.6. The highest BCUT2D eigenvalue weighted by Gasteiger charge is 2.48. The molecule has 0 spiro atoms. The zero-order valence-electron chi connectivity index (χ0n) is 22.5. The lowest BCUT2D eigenvalue weighted by atomic mass is 9.88. The first-order valence-electron chi connectivity index (χ1n) is 13.1. The van der Waals surface area contributed by atoms with Gasteiger partial charge in [0.05, 0.1) is 0 Å². The Labute approximate surface area is 222 Å². The van der Waals surface area contributed by atoms with Crippen LogP contribution in [0.3, 0.4) is 0 Å². The Balaban J connectivity index is 1.49. The van der Waals surface area contributed by atoms with Gasteiger partial charge in [0.2, 0.25) is 0 Å². The topological polar surface area (TPSA) is 57.8 Å². The third kappa shape index (κ3) is 4.87. The molecule has 0 radical (unpaired) electrons. The number of nitrogens with zero attached hydrogens (tertiary/aromatic N) is 1. The van der Waals surface area contributed by atoms with E-state index in [1.54, 1.807) is 19.1 Å². The third-order valence-corrected chi connectivity index (χ3v) is 7.48. The van der Waals surface area contributed by atoms with Crippen LogP contribution in [0.2, 0.25) is 0 Å². The van der Waals surface area contributed by atoms with Crippen LogP contribution >= 0.6 is 0 Å². The second-order valence-electron chi connectivity index (χ2n) is 10.7. The summed E-state index contributed by atoms with van der Waals surface area (Å²) in [7, 11) is 0. The highest BCUT2D eigenvalue weighted by molar-refractivity contribution is 6.04. The van der Waals surface area contributed by atoms with E-state index in [9.17, 15) is 13.6 Å². The molecule has 4 nitrogen and oxygen atoms in total. The monoisotopic (exact) mass is 513 g/mol. The minimum Gasteiger partial charge on any atom is -0.341 e. The average Bonchev–Trinajstić information content (AvgIpc) is 3.67. The Morgan fingerprint density at radius 2 is 1.68 bits per heavy atom. The predicted molar refractivity (Wildman–Crippen MR) is 149 cm³/mol. The quantitative estimate of drug-likeness (QED) is 0.260. The lowest BCUT2D eigenvalue weighted by Gasteiger charge is -2.17. The first-order chi connectivity index (χ1) is 18.1. The number of halogens is 2. The Morgan fingerprint density at radius 1 is 0.974 bits per heavy atom. The fraction of sp³-hybridized carbons (Fsp3) is 0.312. The molecule has 1 heterocycles. The van der Waals surface area contributed by atoms with Crippen molar-refractivity contribution in [2.75, 3.05) is 5.32 Å². The van der Waals surface area contributed by atoms with Gasteiger partial charge in [0.1, 0.15) is 11.5 Å². The maximum Gasteiger partial charge on any atom is 0.276 e. The zero-order chi connectivity index (χ0) is 27.2. The molecule has 1 aliphatic carbocycles. The molecule has 1 saturated carbocycles. The number of aryl methyl sites for hydroxylation is 2. The lowest BCUT2D eigenvalue weighted by molar-refractivity contribution is -0.0285. The van der Waals surface area contributed by atoms with Gasteiger partial charge in [0.25, 0.3) is 11.8 Å². The largest absolute Gasteiger partial charge is 0.341 e. The van der Waals surface area contributed by atoms with Crippen LogP contribution < -0.4 is 5.32 Å². The van der Waals surface area contributed by atoms with Crippen LogP contribution in [0.1, 0.15) is 71.0 Å². The molecule has 5 rings (SSSR count). The van der Waals surface area contributed by atoms with E-state index in [0.717, 1.165) is 22.3 Å². The molecule has 1 fully saturated rings. The number of carbonyl (C=O) groups is 1. The zero-order valence-corrected chi connectivity index (χ0v) is 22.5. The molecular weight excluding hydrogens is 480 g/mol. The lowest BCUT2D eigenvalue weighted by Crippen LogP contribution is -2.18. The number of benzene rings is 3. The summed E-state index contributed by atoms with van der Waals surface area (Å²) in [6.45, 7) is 10.3. The molecular formula is C32H33F2N3O. The summed E-state index contributed by atoms with van der Waals surface area (Å²) in [5.74, 6) is -3.02. The van der Waals surface area contributed by atoms with Gasteiger partial charge >= 0.3 is 0 Å². The number of aromatic amines is 1. The van der Waals surface area contributed by atoms with Gasteiger partial charge in [0, 0.05) is 28.4 Å². The van der Waals surface area contributed by atoms with Gasteiger partial charge in [-0.2, -0.15) is 0 Å². The fourth-order valence-electron chi connectivity index (χ4n) is 4.96. The summed E-state index contributed by atoms with van der Waals surface area (Å²) < 4.78 is 29.2. The Kier molecular flexibility index (Phi) is 6.68. The van der Waals surface area contributed by atoms with Gasteiger partial charge in [-0.1, -0.05) is 56.3 Å². The Hall–Kier alpha value is -3.80. The van der Waals surface area contributed by atoms with Crippen molar-refractivity contribution in [2.24, 2.45) is 5.92 Å². The molecule has 1 aromatic heterocycles. The Morgan fingerprint density at radius 3 is 2.37 bits per heavy atom. The van der Waals surface area contributed by atoms with Crippen LogP contribution in [0.25, 0.3) is 22.5 Å². The molecule has 196 valence electrons. The summed E-state index contributed by atoms with van der Waals surface area (Å²) in [5.41, 5.74) is 7.79. The number of nitrogens with one attached hydrogen (secondary N) is 2. The molecule has 1 amide bonds. The molecule has 0 saturated heterocycles. The second-order valence-corrected chi connectivity index (χ2v) is 10.7. The van der Waals surface area contributed by atoms with E-state index < -0.39 is 17.7 Å². The predicted octanol–water partition coefficient (Wildman–Crippen LogP) is 8.55. The minimum absolute atomic E-state index is 0.0675. The number of alkyl halides is 2. The fourth-order valence-corrected chi connectivity index (χ4v) is 4.96. The van der Waals surface area contributed by atoms with Gasteiger partial charge in [-0.3, -0.25) is 4.79 Å². The van der Waals surface area contributed by atoms with Gasteiger partial charge < -0.3 is 10.3 Å². The number of rotatable bonds is 7. The van der Waals surface area contributed by atoms with Gasteiger partial charge in [0.15, 0.2) is 0 Å². The van der Waals surface area contributed by atoms with Crippen LogP contribution in [0.15, 0.2) is 60.7 Å². The third-order valence-electron chi connectivity index (χ3n) is 7.48. The van der Waals surface area contributed by atoms with Crippen LogP contribution in [0.5, 0.6) is 0 Å². The SMILES string of the molecule is Cc1ccccc1-c1cc(C(C)C)cc(-c2nc(C(=O)Nc3cccc(C(F)(F)C4CC4)c3)c(C)[nH]2)c1C. The number of hydrogen-bond acceptors (Lipinski definition) is 2.